The van der Waals surface area contributed by atoms with Crippen LogP contribution in [0.1, 0.15) is 63.5 Å². The molecule has 0 amide bonds. The Bertz CT molecular complexity index is 1270. The van der Waals surface area contributed by atoms with Gasteiger partial charge in [0.25, 0.3) is 0 Å². The standard InChI is InChI=1S/C32H37FO5S/c1-5-37-32(34)18-25(15-22-9-10-22)24-7-6-8-27(17-24)38-20-23-11-13-28(31(16-23)39(35)21(2)3)29-19-26(36-4)12-14-30(29)33/h6-8,11-14,16-17,19,21-22,25H,5,9-10,15,18,20H2,1-4H3/t25-,39-/m0/s1. The zero-order valence-corrected chi connectivity index (χ0v) is 23.9. The fraction of sp³-hybridized carbons (Fsp3) is 0.406. The SMILES string of the molecule is CCOC(=O)C[C@H](CC1CC1)c1cccc(OCc2ccc(-c3cc(OC)ccc3F)c([S@@+]([O-])C(C)C)c2)c1. The summed E-state index contributed by atoms with van der Waals surface area (Å²) in [7, 11) is 1.53. The molecule has 208 valence electrons. The van der Waals surface area contributed by atoms with Crippen LogP contribution in [0.2, 0.25) is 0 Å². The fourth-order valence-corrected chi connectivity index (χ4v) is 5.85. The molecular formula is C32H37FO5S. The summed E-state index contributed by atoms with van der Waals surface area (Å²) in [4.78, 5) is 12.8. The number of rotatable bonds is 13. The maximum absolute atomic E-state index is 14.8. The number of esters is 1. The van der Waals surface area contributed by atoms with Gasteiger partial charge in [-0.15, -0.1) is 0 Å². The van der Waals surface area contributed by atoms with E-state index in [2.05, 4.69) is 0 Å². The topological polar surface area (TPSA) is 67.8 Å². The lowest BCUT2D eigenvalue weighted by molar-refractivity contribution is -0.143. The van der Waals surface area contributed by atoms with E-state index < -0.39 is 17.0 Å². The van der Waals surface area contributed by atoms with Gasteiger partial charge in [-0.1, -0.05) is 31.0 Å². The van der Waals surface area contributed by atoms with Crippen LogP contribution in [0.5, 0.6) is 11.5 Å². The molecule has 1 saturated carbocycles. The van der Waals surface area contributed by atoms with Gasteiger partial charge >= 0.3 is 5.97 Å². The maximum atomic E-state index is 14.8. The lowest BCUT2D eigenvalue weighted by Gasteiger charge is -2.19. The molecule has 0 aliphatic heterocycles. The molecule has 0 N–H and O–H groups in total. The van der Waals surface area contributed by atoms with Crippen molar-refractivity contribution in [1.29, 1.82) is 0 Å². The van der Waals surface area contributed by atoms with Crippen LogP contribution in [-0.2, 0) is 27.3 Å². The van der Waals surface area contributed by atoms with Crippen molar-refractivity contribution in [3.63, 3.8) is 0 Å². The molecule has 5 nitrogen and oxygen atoms in total. The predicted molar refractivity (Wildman–Crippen MR) is 152 cm³/mol. The first-order chi connectivity index (χ1) is 18.8. The van der Waals surface area contributed by atoms with E-state index in [1.165, 1.54) is 26.0 Å². The smallest absolute Gasteiger partial charge is 0.306 e. The van der Waals surface area contributed by atoms with Gasteiger partial charge in [0.05, 0.1) is 20.1 Å². The van der Waals surface area contributed by atoms with Crippen LogP contribution in [0.25, 0.3) is 11.1 Å². The van der Waals surface area contributed by atoms with Gasteiger partial charge in [0.2, 0.25) is 0 Å². The maximum Gasteiger partial charge on any atom is 0.306 e. The minimum absolute atomic E-state index is 0.0946. The summed E-state index contributed by atoms with van der Waals surface area (Å²) >= 11 is -1.35. The van der Waals surface area contributed by atoms with Gasteiger partial charge in [-0.3, -0.25) is 4.79 Å². The molecule has 7 heteroatoms. The fourth-order valence-electron chi connectivity index (χ4n) is 4.68. The Morgan fingerprint density at radius 1 is 1.05 bits per heavy atom. The van der Waals surface area contributed by atoms with Crippen LogP contribution in [0, 0.1) is 11.7 Å². The largest absolute Gasteiger partial charge is 0.611 e. The Morgan fingerprint density at radius 2 is 1.85 bits per heavy atom. The first kappa shape index (κ1) is 29.0. The summed E-state index contributed by atoms with van der Waals surface area (Å²) in [6.07, 6.45) is 3.76. The molecule has 0 bridgehead atoms. The summed E-state index contributed by atoms with van der Waals surface area (Å²) in [6, 6.07) is 17.9. The Kier molecular flexibility index (Phi) is 9.92. The molecule has 0 heterocycles. The highest BCUT2D eigenvalue weighted by molar-refractivity contribution is 7.92. The molecule has 0 aromatic heterocycles. The number of benzene rings is 3. The first-order valence-corrected chi connectivity index (χ1v) is 14.8. The Labute approximate surface area is 233 Å². The van der Waals surface area contributed by atoms with E-state index in [-0.39, 0.29) is 23.7 Å². The molecular weight excluding hydrogens is 515 g/mol. The van der Waals surface area contributed by atoms with Gasteiger partial charge in [-0.05, 0) is 97.7 Å². The van der Waals surface area contributed by atoms with Crippen LogP contribution in [0.15, 0.2) is 65.6 Å². The molecule has 1 aliphatic rings. The van der Waals surface area contributed by atoms with Crippen molar-refractivity contribution < 1.29 is 27.9 Å². The van der Waals surface area contributed by atoms with Gasteiger partial charge in [-0.25, -0.2) is 4.39 Å². The molecule has 1 fully saturated rings. The third-order valence-electron chi connectivity index (χ3n) is 6.92. The van der Waals surface area contributed by atoms with Gasteiger partial charge < -0.3 is 18.8 Å². The summed E-state index contributed by atoms with van der Waals surface area (Å²) < 4.78 is 44.7. The second-order valence-electron chi connectivity index (χ2n) is 10.3. The van der Waals surface area contributed by atoms with Crippen molar-refractivity contribution in [2.24, 2.45) is 5.92 Å². The monoisotopic (exact) mass is 552 g/mol. The van der Waals surface area contributed by atoms with Crippen molar-refractivity contribution >= 4 is 17.1 Å². The van der Waals surface area contributed by atoms with Crippen molar-refractivity contribution in [2.75, 3.05) is 13.7 Å². The number of carbonyl (C=O) groups excluding carboxylic acids is 1. The Hall–Kier alpha value is -3.03. The van der Waals surface area contributed by atoms with Crippen LogP contribution < -0.4 is 9.47 Å². The van der Waals surface area contributed by atoms with Crippen LogP contribution in [-0.4, -0.2) is 29.5 Å². The highest BCUT2D eigenvalue weighted by atomic mass is 32.2. The zero-order valence-electron chi connectivity index (χ0n) is 23.1. The number of halogens is 1. The molecule has 0 radical (unpaired) electrons. The van der Waals surface area contributed by atoms with Crippen molar-refractivity contribution in [2.45, 2.75) is 69.1 Å². The van der Waals surface area contributed by atoms with Crippen LogP contribution >= 0.6 is 0 Å². The first-order valence-electron chi connectivity index (χ1n) is 13.5. The summed E-state index contributed by atoms with van der Waals surface area (Å²) in [5, 5.41) is -0.145. The van der Waals surface area contributed by atoms with E-state index in [1.54, 1.807) is 18.2 Å². The van der Waals surface area contributed by atoms with Gasteiger partial charge in [0.1, 0.15) is 29.2 Å². The molecule has 0 spiro atoms. The van der Waals surface area contributed by atoms with E-state index in [1.807, 2.05) is 57.2 Å². The number of hydrogen-bond donors (Lipinski definition) is 0. The summed E-state index contributed by atoms with van der Waals surface area (Å²) in [5.74, 6) is 1.42. The highest BCUT2D eigenvalue weighted by Gasteiger charge is 2.28. The normalized spacial score (nSPS) is 14.6. The van der Waals surface area contributed by atoms with Crippen molar-refractivity contribution in [1.82, 2.24) is 0 Å². The highest BCUT2D eigenvalue weighted by Crippen LogP contribution is 2.41. The second-order valence-corrected chi connectivity index (χ2v) is 12.2. The lowest BCUT2D eigenvalue weighted by Crippen LogP contribution is -2.16. The van der Waals surface area contributed by atoms with E-state index in [0.29, 0.717) is 46.5 Å². The van der Waals surface area contributed by atoms with E-state index in [4.69, 9.17) is 14.2 Å². The second kappa shape index (κ2) is 13.4. The van der Waals surface area contributed by atoms with E-state index in [9.17, 15) is 13.7 Å². The number of ether oxygens (including phenoxy) is 3. The summed E-state index contributed by atoms with van der Waals surface area (Å²) in [6.45, 7) is 6.22. The molecule has 3 aromatic carbocycles. The molecule has 3 aromatic rings. The quantitative estimate of drug-likeness (QED) is 0.163. The van der Waals surface area contributed by atoms with Crippen LogP contribution in [0.4, 0.5) is 4.39 Å². The average Bonchev–Trinajstić information content (AvgIpc) is 3.76. The Balaban J connectivity index is 1.55. The molecule has 0 unspecified atom stereocenters. The minimum atomic E-state index is -1.35. The number of methoxy groups -OCH3 is 1. The van der Waals surface area contributed by atoms with Gasteiger partial charge in [0.15, 0.2) is 4.90 Å². The molecule has 39 heavy (non-hydrogen) atoms. The third kappa shape index (κ3) is 7.76. The van der Waals surface area contributed by atoms with Gasteiger partial charge in [0, 0.05) is 17.2 Å². The minimum Gasteiger partial charge on any atom is -0.611 e. The van der Waals surface area contributed by atoms with Crippen LogP contribution in [0.3, 0.4) is 0 Å². The van der Waals surface area contributed by atoms with E-state index >= 15 is 0 Å². The van der Waals surface area contributed by atoms with Crippen molar-refractivity contribution in [3.8, 4) is 22.6 Å². The van der Waals surface area contributed by atoms with E-state index in [0.717, 1.165) is 17.5 Å². The molecule has 0 saturated heterocycles. The lowest BCUT2D eigenvalue weighted by atomic mass is 9.90. The number of carbonyl (C=O) groups is 1. The molecule has 1 aliphatic carbocycles. The average molecular weight is 553 g/mol. The zero-order chi connectivity index (χ0) is 27.9. The Morgan fingerprint density at radius 3 is 2.54 bits per heavy atom. The summed E-state index contributed by atoms with van der Waals surface area (Å²) in [5.41, 5.74) is 2.82. The predicted octanol–water partition coefficient (Wildman–Crippen LogP) is 7.43. The van der Waals surface area contributed by atoms with Gasteiger partial charge in [-0.2, -0.15) is 0 Å². The third-order valence-corrected chi connectivity index (χ3v) is 8.55. The number of hydrogen-bond acceptors (Lipinski definition) is 5. The molecule has 2 atom stereocenters. The molecule has 4 rings (SSSR count). The van der Waals surface area contributed by atoms with Crippen molar-refractivity contribution in [3.05, 3.63) is 77.6 Å².